The van der Waals surface area contributed by atoms with Gasteiger partial charge >= 0.3 is 0 Å². The van der Waals surface area contributed by atoms with Crippen molar-refractivity contribution in [2.75, 3.05) is 0 Å². The number of hydrogen-bond acceptors (Lipinski definition) is 3. The summed E-state index contributed by atoms with van der Waals surface area (Å²) in [5.41, 5.74) is 5.43. The molecule has 31 heavy (non-hydrogen) atoms. The maximum Gasteiger partial charge on any atom is 0.159 e. The number of carbonyl (C=O) groups excluding carboxylic acids is 1. The summed E-state index contributed by atoms with van der Waals surface area (Å²) in [7, 11) is 0. The van der Waals surface area contributed by atoms with Crippen molar-refractivity contribution < 1.29 is 13.6 Å². The van der Waals surface area contributed by atoms with Gasteiger partial charge in [0.2, 0.25) is 0 Å². The molecule has 0 bridgehead atoms. The maximum absolute atomic E-state index is 14.0. The molecular weight excluding hydrogens is 396 g/mol. The Morgan fingerprint density at radius 2 is 1.61 bits per heavy atom. The normalized spacial score (nSPS) is 11.0. The highest BCUT2D eigenvalue weighted by Gasteiger charge is 2.18. The van der Waals surface area contributed by atoms with Crippen LogP contribution in [0.5, 0.6) is 0 Å². The first kappa shape index (κ1) is 18.8. The van der Waals surface area contributed by atoms with Crippen LogP contribution in [0.1, 0.15) is 10.4 Å². The van der Waals surface area contributed by atoms with Gasteiger partial charge in [-0.2, -0.15) is 0 Å². The maximum atomic E-state index is 14.0. The highest BCUT2D eigenvalue weighted by Crippen LogP contribution is 2.34. The minimum Gasteiger partial charge on any atom is -0.299 e. The molecule has 0 aliphatic heterocycles. The van der Waals surface area contributed by atoms with Gasteiger partial charge in [-0.05, 0) is 42.5 Å². The summed E-state index contributed by atoms with van der Waals surface area (Å²) in [5, 5.41) is 0. The molecule has 0 unspecified atom stereocenters. The molecule has 0 N–H and O–H groups in total. The van der Waals surface area contributed by atoms with Crippen LogP contribution in [-0.2, 0) is 0 Å². The molecule has 0 fully saturated rings. The van der Waals surface area contributed by atoms with Gasteiger partial charge in [-0.15, -0.1) is 0 Å². The Morgan fingerprint density at radius 3 is 2.39 bits per heavy atom. The summed E-state index contributed by atoms with van der Waals surface area (Å²) < 4.78 is 29.4. The minimum absolute atomic E-state index is 0.478. The number of nitrogens with zero attached hydrogens (tertiary/aromatic N) is 3. The fraction of sp³-hybridized carbons (Fsp3) is 0. The molecule has 0 radical (unpaired) electrons. The van der Waals surface area contributed by atoms with Crippen LogP contribution in [0.4, 0.5) is 8.78 Å². The first-order valence-electron chi connectivity index (χ1n) is 9.58. The largest absolute Gasteiger partial charge is 0.299 e. The number of halogens is 2. The summed E-state index contributed by atoms with van der Waals surface area (Å²) in [4.78, 5) is 20.1. The lowest BCUT2D eigenvalue weighted by atomic mass is 10.0. The third-order valence-electron chi connectivity index (χ3n) is 5.10. The Balaban J connectivity index is 1.71. The van der Waals surface area contributed by atoms with Crippen LogP contribution in [0.3, 0.4) is 0 Å². The van der Waals surface area contributed by atoms with Gasteiger partial charge in [0, 0.05) is 34.6 Å². The number of fused-ring (bicyclic) bond motifs is 1. The van der Waals surface area contributed by atoms with E-state index in [-0.39, 0.29) is 0 Å². The van der Waals surface area contributed by atoms with Crippen molar-refractivity contribution in [2.24, 2.45) is 0 Å². The highest BCUT2D eigenvalue weighted by atomic mass is 19.2. The molecule has 0 saturated carbocycles. The lowest BCUT2D eigenvalue weighted by Crippen LogP contribution is -1.92. The van der Waals surface area contributed by atoms with Crippen LogP contribution < -0.4 is 0 Å². The molecule has 0 atom stereocenters. The predicted molar refractivity (Wildman–Crippen MR) is 115 cm³/mol. The van der Waals surface area contributed by atoms with Crippen LogP contribution in [0, 0.1) is 11.6 Å². The molecular formula is C25H15F2N3O. The summed E-state index contributed by atoms with van der Waals surface area (Å²) in [6, 6.07) is 20.3. The van der Waals surface area contributed by atoms with E-state index in [1.54, 1.807) is 18.3 Å². The van der Waals surface area contributed by atoms with E-state index in [2.05, 4.69) is 9.97 Å². The zero-order valence-corrected chi connectivity index (χ0v) is 16.2. The number of pyridine rings is 2. The number of carbonyl (C=O) groups is 1. The molecule has 5 aromatic rings. The summed E-state index contributed by atoms with van der Waals surface area (Å²) in [5.74, 6) is -1.83. The Labute approximate surface area is 176 Å². The van der Waals surface area contributed by atoms with Crippen molar-refractivity contribution in [1.82, 2.24) is 14.4 Å². The van der Waals surface area contributed by atoms with Crippen molar-refractivity contribution in [3.63, 3.8) is 0 Å². The molecule has 0 aliphatic carbocycles. The molecule has 150 valence electrons. The van der Waals surface area contributed by atoms with Gasteiger partial charge in [0.05, 0.1) is 17.1 Å². The van der Waals surface area contributed by atoms with Gasteiger partial charge in [-0.1, -0.05) is 30.3 Å². The lowest BCUT2D eigenvalue weighted by Gasteiger charge is -2.08. The van der Waals surface area contributed by atoms with E-state index in [4.69, 9.17) is 0 Å². The third kappa shape index (κ3) is 3.38. The van der Waals surface area contributed by atoms with Crippen LogP contribution >= 0.6 is 0 Å². The Kier molecular flexibility index (Phi) is 4.59. The Morgan fingerprint density at radius 1 is 0.806 bits per heavy atom. The van der Waals surface area contributed by atoms with Gasteiger partial charge in [-0.25, -0.2) is 13.8 Å². The van der Waals surface area contributed by atoms with Crippen LogP contribution in [0.2, 0.25) is 0 Å². The van der Waals surface area contributed by atoms with E-state index in [0.29, 0.717) is 22.5 Å². The van der Waals surface area contributed by atoms with Gasteiger partial charge in [0.25, 0.3) is 0 Å². The number of benzene rings is 2. The number of hydrogen-bond donors (Lipinski definition) is 0. The first-order valence-corrected chi connectivity index (χ1v) is 9.58. The minimum atomic E-state index is -0.925. The lowest BCUT2D eigenvalue weighted by molar-refractivity contribution is 0.112. The topological polar surface area (TPSA) is 47.3 Å². The molecule has 3 aromatic heterocycles. The fourth-order valence-corrected chi connectivity index (χ4v) is 3.58. The summed E-state index contributed by atoms with van der Waals surface area (Å²) in [6.07, 6.45) is 4.36. The zero-order valence-electron chi connectivity index (χ0n) is 16.2. The molecule has 2 aromatic carbocycles. The standard InChI is InChI=1S/C25H15F2N3O/c26-20-9-8-18(13-21(20)27)24-25(30-12-2-1-3-23(30)29-24)19-10-11-28-22(14-19)17-6-4-16(15-31)5-7-17/h1-15H. The molecule has 0 saturated heterocycles. The van der Waals surface area contributed by atoms with Crippen molar-refractivity contribution >= 4 is 11.9 Å². The zero-order chi connectivity index (χ0) is 21.4. The summed E-state index contributed by atoms with van der Waals surface area (Å²) in [6.45, 7) is 0. The molecule has 5 rings (SSSR count). The van der Waals surface area contributed by atoms with Gasteiger partial charge < -0.3 is 0 Å². The second-order valence-electron chi connectivity index (χ2n) is 7.04. The second kappa shape index (κ2) is 7.57. The van der Waals surface area contributed by atoms with E-state index in [9.17, 15) is 13.6 Å². The number of aldehydes is 1. The van der Waals surface area contributed by atoms with Crippen molar-refractivity contribution in [2.45, 2.75) is 0 Å². The highest BCUT2D eigenvalue weighted by molar-refractivity contribution is 5.83. The first-order chi connectivity index (χ1) is 15.1. The van der Waals surface area contributed by atoms with E-state index in [1.807, 2.05) is 53.1 Å². The number of imidazole rings is 1. The van der Waals surface area contributed by atoms with E-state index in [0.717, 1.165) is 40.9 Å². The number of rotatable bonds is 4. The Bertz CT molecular complexity index is 1420. The molecule has 4 nitrogen and oxygen atoms in total. The molecule has 3 heterocycles. The third-order valence-corrected chi connectivity index (χ3v) is 5.10. The van der Waals surface area contributed by atoms with E-state index in [1.165, 1.54) is 6.07 Å². The van der Waals surface area contributed by atoms with E-state index >= 15 is 0 Å². The molecule has 0 aliphatic rings. The van der Waals surface area contributed by atoms with Gasteiger partial charge in [-0.3, -0.25) is 14.2 Å². The fourth-order valence-electron chi connectivity index (χ4n) is 3.58. The predicted octanol–water partition coefficient (Wildman–Crippen LogP) is 5.82. The van der Waals surface area contributed by atoms with Crippen LogP contribution in [0.25, 0.3) is 39.4 Å². The smallest absolute Gasteiger partial charge is 0.159 e. The van der Waals surface area contributed by atoms with Crippen molar-refractivity contribution in [3.05, 3.63) is 102 Å². The summed E-state index contributed by atoms with van der Waals surface area (Å²) >= 11 is 0. The number of aromatic nitrogens is 3. The second-order valence-corrected chi connectivity index (χ2v) is 7.04. The van der Waals surface area contributed by atoms with Crippen LogP contribution in [-0.4, -0.2) is 20.7 Å². The molecule has 6 heteroatoms. The van der Waals surface area contributed by atoms with Gasteiger partial charge in [0.15, 0.2) is 11.6 Å². The average Bonchev–Trinajstić information content (AvgIpc) is 3.20. The Hall–Kier alpha value is -4.19. The average molecular weight is 411 g/mol. The molecule has 0 spiro atoms. The monoisotopic (exact) mass is 411 g/mol. The quantitative estimate of drug-likeness (QED) is 0.350. The van der Waals surface area contributed by atoms with Gasteiger partial charge in [0.1, 0.15) is 11.9 Å². The van der Waals surface area contributed by atoms with Crippen LogP contribution in [0.15, 0.2) is 85.2 Å². The van der Waals surface area contributed by atoms with Crippen molar-refractivity contribution in [1.29, 1.82) is 0 Å². The van der Waals surface area contributed by atoms with E-state index < -0.39 is 11.6 Å². The van der Waals surface area contributed by atoms with Crippen molar-refractivity contribution in [3.8, 4) is 33.8 Å². The molecule has 0 amide bonds. The SMILES string of the molecule is O=Cc1ccc(-c2cc(-c3c(-c4ccc(F)c(F)c4)nc4ccccn34)ccn2)cc1.